The van der Waals surface area contributed by atoms with Crippen molar-refractivity contribution in [1.29, 1.82) is 0 Å². The van der Waals surface area contributed by atoms with Gasteiger partial charge in [0.05, 0.1) is 0 Å². The molecule has 0 spiro atoms. The van der Waals surface area contributed by atoms with E-state index in [9.17, 15) is 0 Å². The molecule has 0 bridgehead atoms. The van der Waals surface area contributed by atoms with E-state index < -0.39 is 0 Å². The number of hydrogen-bond donors (Lipinski definition) is 2. The van der Waals surface area contributed by atoms with E-state index in [0.29, 0.717) is 11.2 Å². The highest BCUT2D eigenvalue weighted by Crippen LogP contribution is 2.08. The maximum atomic E-state index is 5.35. The molecule has 66 valence electrons. The first-order valence-corrected chi connectivity index (χ1v) is 5.10. The molecule has 0 saturated carbocycles. The van der Waals surface area contributed by atoms with Crippen molar-refractivity contribution in [1.82, 2.24) is 5.32 Å². The predicted octanol–water partition coefficient (Wildman–Crippen LogP) is 1.51. The van der Waals surface area contributed by atoms with Gasteiger partial charge in [-0.2, -0.15) is 11.3 Å². The average Bonchev–Trinajstić information content (AvgIpc) is 2.37. The molecule has 4 heteroatoms. The number of nitrogens with one attached hydrogen (secondary N) is 1. The fraction of sp³-hybridized carbons (Fsp3) is 0.375. The maximum absolute atomic E-state index is 5.35. The van der Waals surface area contributed by atoms with Crippen molar-refractivity contribution in [3.05, 3.63) is 22.4 Å². The summed E-state index contributed by atoms with van der Waals surface area (Å²) in [4.78, 5) is 0. The Labute approximate surface area is 81.8 Å². The minimum atomic E-state index is 0.317. The van der Waals surface area contributed by atoms with Crippen LogP contribution in [-0.2, 0) is 6.42 Å². The van der Waals surface area contributed by atoms with E-state index in [2.05, 4.69) is 29.1 Å². The molecule has 2 nitrogen and oxygen atoms in total. The van der Waals surface area contributed by atoms with Crippen molar-refractivity contribution in [2.24, 2.45) is 5.73 Å². The van der Waals surface area contributed by atoms with Crippen LogP contribution in [0.1, 0.15) is 12.5 Å². The quantitative estimate of drug-likeness (QED) is 0.726. The summed E-state index contributed by atoms with van der Waals surface area (Å²) < 4.78 is 0. The Balaban J connectivity index is 2.36. The fourth-order valence-electron chi connectivity index (χ4n) is 1.06. The summed E-state index contributed by atoms with van der Waals surface area (Å²) >= 11 is 6.45. The largest absolute Gasteiger partial charge is 0.376 e. The second kappa shape index (κ2) is 4.42. The molecule has 1 atom stereocenters. The van der Waals surface area contributed by atoms with Crippen molar-refractivity contribution < 1.29 is 0 Å². The normalized spacial score (nSPS) is 12.4. The van der Waals surface area contributed by atoms with E-state index in [0.717, 1.165) is 6.42 Å². The zero-order valence-electron chi connectivity index (χ0n) is 6.91. The SMILES string of the molecule is CC(Cc1ccsc1)NC(N)=S. The molecular formula is C8H12N2S2. The van der Waals surface area contributed by atoms with Crippen LogP contribution in [0.3, 0.4) is 0 Å². The van der Waals surface area contributed by atoms with E-state index in [1.807, 2.05) is 0 Å². The van der Waals surface area contributed by atoms with Crippen LogP contribution in [0.15, 0.2) is 16.8 Å². The maximum Gasteiger partial charge on any atom is 0.163 e. The molecule has 0 amide bonds. The highest BCUT2D eigenvalue weighted by molar-refractivity contribution is 7.80. The zero-order valence-corrected chi connectivity index (χ0v) is 8.54. The Morgan fingerprint density at radius 2 is 2.58 bits per heavy atom. The molecule has 0 radical (unpaired) electrons. The number of thiophene rings is 1. The van der Waals surface area contributed by atoms with E-state index in [1.54, 1.807) is 11.3 Å². The Hall–Kier alpha value is -0.610. The molecule has 1 aromatic heterocycles. The van der Waals surface area contributed by atoms with Gasteiger partial charge in [-0.25, -0.2) is 0 Å². The minimum absolute atomic E-state index is 0.317. The third kappa shape index (κ3) is 3.19. The Morgan fingerprint density at radius 1 is 1.83 bits per heavy atom. The van der Waals surface area contributed by atoms with Gasteiger partial charge in [-0.1, -0.05) is 0 Å². The Kier molecular flexibility index (Phi) is 3.49. The summed E-state index contributed by atoms with van der Waals surface area (Å²) in [5, 5.41) is 7.58. The van der Waals surface area contributed by atoms with Gasteiger partial charge < -0.3 is 11.1 Å². The van der Waals surface area contributed by atoms with Crippen LogP contribution in [0.4, 0.5) is 0 Å². The number of rotatable bonds is 3. The lowest BCUT2D eigenvalue weighted by Crippen LogP contribution is -2.37. The molecule has 0 aromatic carbocycles. The lowest BCUT2D eigenvalue weighted by Gasteiger charge is -2.11. The highest BCUT2D eigenvalue weighted by Gasteiger charge is 2.02. The minimum Gasteiger partial charge on any atom is -0.376 e. The zero-order chi connectivity index (χ0) is 8.97. The van der Waals surface area contributed by atoms with Crippen molar-refractivity contribution in [2.75, 3.05) is 0 Å². The topological polar surface area (TPSA) is 38.0 Å². The van der Waals surface area contributed by atoms with E-state index >= 15 is 0 Å². The van der Waals surface area contributed by atoms with Gasteiger partial charge in [0.1, 0.15) is 0 Å². The molecule has 0 aliphatic heterocycles. The van der Waals surface area contributed by atoms with Gasteiger partial charge >= 0.3 is 0 Å². The second-order valence-electron chi connectivity index (χ2n) is 2.75. The number of nitrogens with two attached hydrogens (primary N) is 1. The van der Waals surface area contributed by atoms with Gasteiger partial charge in [-0.3, -0.25) is 0 Å². The summed E-state index contributed by atoms with van der Waals surface area (Å²) in [6.07, 6.45) is 0.973. The van der Waals surface area contributed by atoms with Gasteiger partial charge in [0, 0.05) is 6.04 Å². The van der Waals surface area contributed by atoms with Crippen molar-refractivity contribution in [3.8, 4) is 0 Å². The van der Waals surface area contributed by atoms with Crippen LogP contribution >= 0.6 is 23.6 Å². The Bertz CT molecular complexity index is 244. The summed E-state index contributed by atoms with van der Waals surface area (Å²) in [6, 6.07) is 2.43. The first-order valence-electron chi connectivity index (χ1n) is 3.75. The van der Waals surface area contributed by atoms with Gasteiger partial charge in [0.25, 0.3) is 0 Å². The molecule has 3 N–H and O–H groups in total. The van der Waals surface area contributed by atoms with Crippen molar-refractivity contribution in [3.63, 3.8) is 0 Å². The highest BCUT2D eigenvalue weighted by atomic mass is 32.1. The molecule has 12 heavy (non-hydrogen) atoms. The van der Waals surface area contributed by atoms with Crippen LogP contribution in [0.2, 0.25) is 0 Å². The second-order valence-corrected chi connectivity index (χ2v) is 3.97. The molecule has 1 heterocycles. The van der Waals surface area contributed by atoms with E-state index in [-0.39, 0.29) is 0 Å². The smallest absolute Gasteiger partial charge is 0.163 e. The van der Waals surface area contributed by atoms with Gasteiger partial charge in [-0.05, 0) is 48.0 Å². The molecule has 1 unspecified atom stereocenters. The third-order valence-corrected chi connectivity index (χ3v) is 2.36. The van der Waals surface area contributed by atoms with Crippen LogP contribution in [0.25, 0.3) is 0 Å². The summed E-state index contributed by atoms with van der Waals surface area (Å²) in [6.45, 7) is 2.07. The molecule has 1 rings (SSSR count). The monoisotopic (exact) mass is 200 g/mol. The van der Waals surface area contributed by atoms with Crippen molar-refractivity contribution >= 4 is 28.7 Å². The molecule has 0 fully saturated rings. The van der Waals surface area contributed by atoms with Crippen LogP contribution in [0.5, 0.6) is 0 Å². The molecular weight excluding hydrogens is 188 g/mol. The molecule has 0 aliphatic rings. The molecule has 1 aromatic rings. The van der Waals surface area contributed by atoms with Crippen LogP contribution in [-0.4, -0.2) is 11.2 Å². The van der Waals surface area contributed by atoms with E-state index in [1.165, 1.54) is 5.56 Å². The summed E-state index contributed by atoms with van der Waals surface area (Å²) in [5.41, 5.74) is 6.68. The predicted molar refractivity (Wildman–Crippen MR) is 57.4 cm³/mol. The first kappa shape index (κ1) is 9.48. The fourth-order valence-corrected chi connectivity index (χ4v) is 1.94. The van der Waals surface area contributed by atoms with E-state index in [4.69, 9.17) is 18.0 Å². The first-order chi connectivity index (χ1) is 5.68. The lowest BCUT2D eigenvalue weighted by atomic mass is 10.1. The lowest BCUT2D eigenvalue weighted by molar-refractivity contribution is 0.663. The summed E-state index contributed by atoms with van der Waals surface area (Å²) in [7, 11) is 0. The van der Waals surface area contributed by atoms with Crippen LogP contribution < -0.4 is 11.1 Å². The van der Waals surface area contributed by atoms with Crippen LogP contribution in [0, 0.1) is 0 Å². The van der Waals surface area contributed by atoms with Gasteiger partial charge in [0.15, 0.2) is 5.11 Å². The number of hydrogen-bond acceptors (Lipinski definition) is 2. The average molecular weight is 200 g/mol. The Morgan fingerprint density at radius 3 is 3.08 bits per heavy atom. The standard InChI is InChI=1S/C8H12N2S2/c1-6(10-8(9)11)4-7-2-3-12-5-7/h2-3,5-6H,4H2,1H3,(H3,9,10,11). The summed E-state index contributed by atoms with van der Waals surface area (Å²) in [5.74, 6) is 0. The number of thiocarbonyl (C=S) groups is 1. The van der Waals surface area contributed by atoms with Gasteiger partial charge in [-0.15, -0.1) is 0 Å². The molecule has 0 saturated heterocycles. The van der Waals surface area contributed by atoms with Gasteiger partial charge in [0.2, 0.25) is 0 Å². The molecule has 0 aliphatic carbocycles. The van der Waals surface area contributed by atoms with Crippen molar-refractivity contribution in [2.45, 2.75) is 19.4 Å². The third-order valence-electron chi connectivity index (χ3n) is 1.51.